The molecule has 2 fully saturated rings. The molecule has 0 aromatic heterocycles. The molecular weight excluding hydrogens is 421 g/mol. The van der Waals surface area contributed by atoms with Gasteiger partial charge in [0.25, 0.3) is 0 Å². The van der Waals surface area contributed by atoms with Crippen LogP contribution in [0.25, 0.3) is 0 Å². The van der Waals surface area contributed by atoms with Gasteiger partial charge in [-0.25, -0.2) is 4.39 Å². The molecule has 2 heterocycles. The third kappa shape index (κ3) is 5.61. The molecule has 5 rings (SSSR count). The number of allylic oxidation sites excluding steroid dienone is 3. The second-order valence-corrected chi connectivity index (χ2v) is 10.4. The van der Waals surface area contributed by atoms with E-state index in [1.54, 1.807) is 0 Å². The van der Waals surface area contributed by atoms with Gasteiger partial charge in [-0.1, -0.05) is 66.7 Å². The Balaban J connectivity index is 1.27. The fourth-order valence-corrected chi connectivity index (χ4v) is 6.11. The number of benzene rings is 2. The fourth-order valence-electron chi connectivity index (χ4n) is 6.11. The molecule has 34 heavy (non-hydrogen) atoms. The van der Waals surface area contributed by atoms with Crippen LogP contribution in [0.5, 0.6) is 0 Å². The molecule has 3 nitrogen and oxygen atoms in total. The third-order valence-electron chi connectivity index (χ3n) is 8.15. The summed E-state index contributed by atoms with van der Waals surface area (Å²) in [7, 11) is 0. The van der Waals surface area contributed by atoms with E-state index in [2.05, 4.69) is 81.9 Å². The standard InChI is InChI=1S/C30H38FN3/c31-28-13-7-8-14-29(28)32-23-30-17-20-34(21-26-11-5-2-6-12-26)22-27(30)16-19-33(24-30)18-15-25-9-3-1-4-10-25/h1-6,8-12,14,27,32H,7,13,15-24H2. The smallest absolute Gasteiger partial charge is 0.123 e. The first-order valence-electron chi connectivity index (χ1n) is 13.0. The lowest BCUT2D eigenvalue weighted by atomic mass is 9.66. The zero-order valence-corrected chi connectivity index (χ0v) is 20.3. The van der Waals surface area contributed by atoms with Crippen LogP contribution in [-0.2, 0) is 13.0 Å². The maximum Gasteiger partial charge on any atom is 0.123 e. The molecule has 1 N–H and O–H groups in total. The van der Waals surface area contributed by atoms with Crippen molar-refractivity contribution in [2.75, 3.05) is 39.3 Å². The Bertz CT molecular complexity index is 987. The summed E-state index contributed by atoms with van der Waals surface area (Å²) in [6.07, 6.45) is 8.87. The molecule has 4 heteroatoms. The Kier molecular flexibility index (Phi) is 7.46. The van der Waals surface area contributed by atoms with E-state index in [4.69, 9.17) is 0 Å². The maximum atomic E-state index is 14.5. The van der Waals surface area contributed by atoms with E-state index in [0.717, 1.165) is 65.1 Å². The lowest BCUT2D eigenvalue weighted by molar-refractivity contribution is -0.0365. The summed E-state index contributed by atoms with van der Waals surface area (Å²) < 4.78 is 14.5. The van der Waals surface area contributed by atoms with Crippen LogP contribution in [0.2, 0.25) is 0 Å². The average Bonchev–Trinajstić information content (AvgIpc) is 2.88. The van der Waals surface area contributed by atoms with Crippen LogP contribution in [0.4, 0.5) is 4.39 Å². The summed E-state index contributed by atoms with van der Waals surface area (Å²) in [5.74, 6) is 0.662. The minimum Gasteiger partial charge on any atom is -0.382 e. The summed E-state index contributed by atoms with van der Waals surface area (Å²) >= 11 is 0. The molecule has 0 bridgehead atoms. The van der Waals surface area contributed by atoms with Crippen LogP contribution in [0.1, 0.15) is 36.8 Å². The molecule has 2 aliphatic heterocycles. The molecule has 2 aromatic carbocycles. The van der Waals surface area contributed by atoms with Crippen molar-refractivity contribution in [1.82, 2.24) is 15.1 Å². The first kappa shape index (κ1) is 23.3. The number of hydrogen-bond acceptors (Lipinski definition) is 3. The van der Waals surface area contributed by atoms with Gasteiger partial charge in [0.1, 0.15) is 5.83 Å². The lowest BCUT2D eigenvalue weighted by Crippen LogP contribution is -2.59. The number of halogens is 1. The van der Waals surface area contributed by atoms with Gasteiger partial charge < -0.3 is 10.2 Å². The summed E-state index contributed by atoms with van der Waals surface area (Å²) in [5.41, 5.74) is 3.72. The van der Waals surface area contributed by atoms with E-state index in [1.165, 1.54) is 17.5 Å². The highest BCUT2D eigenvalue weighted by molar-refractivity contribution is 5.25. The van der Waals surface area contributed by atoms with Crippen LogP contribution < -0.4 is 5.32 Å². The molecule has 2 aromatic rings. The normalized spacial score (nSPS) is 25.9. The van der Waals surface area contributed by atoms with Crippen molar-refractivity contribution in [2.45, 2.75) is 38.6 Å². The lowest BCUT2D eigenvalue weighted by Gasteiger charge is -2.54. The van der Waals surface area contributed by atoms with Crippen molar-refractivity contribution < 1.29 is 4.39 Å². The van der Waals surface area contributed by atoms with E-state index >= 15 is 0 Å². The number of hydrogen-bond donors (Lipinski definition) is 1. The van der Waals surface area contributed by atoms with Crippen LogP contribution in [-0.4, -0.2) is 49.1 Å². The van der Waals surface area contributed by atoms with Gasteiger partial charge in [-0.3, -0.25) is 4.90 Å². The van der Waals surface area contributed by atoms with Crippen molar-refractivity contribution in [2.24, 2.45) is 11.3 Å². The Hall–Kier alpha value is -2.43. The van der Waals surface area contributed by atoms with E-state index in [-0.39, 0.29) is 11.2 Å². The summed E-state index contributed by atoms with van der Waals surface area (Å²) in [6.45, 7) is 7.51. The van der Waals surface area contributed by atoms with Crippen molar-refractivity contribution in [3.63, 3.8) is 0 Å². The molecule has 0 radical (unpaired) electrons. The number of piperidine rings is 2. The summed E-state index contributed by atoms with van der Waals surface area (Å²) in [5, 5.41) is 3.56. The van der Waals surface area contributed by atoms with Gasteiger partial charge in [-0.2, -0.15) is 0 Å². The Labute approximate surface area is 204 Å². The molecule has 1 aliphatic carbocycles. The van der Waals surface area contributed by atoms with Crippen molar-refractivity contribution >= 4 is 0 Å². The van der Waals surface area contributed by atoms with Crippen LogP contribution >= 0.6 is 0 Å². The highest BCUT2D eigenvalue weighted by Gasteiger charge is 2.46. The van der Waals surface area contributed by atoms with E-state index < -0.39 is 0 Å². The predicted octanol–water partition coefficient (Wildman–Crippen LogP) is 5.56. The fraction of sp³-hybridized carbons (Fsp3) is 0.467. The number of nitrogens with one attached hydrogen (secondary N) is 1. The van der Waals surface area contributed by atoms with Gasteiger partial charge in [-0.15, -0.1) is 0 Å². The zero-order valence-electron chi connectivity index (χ0n) is 20.3. The minimum absolute atomic E-state index is 0.0220. The largest absolute Gasteiger partial charge is 0.382 e. The van der Waals surface area contributed by atoms with Gasteiger partial charge in [0, 0.05) is 44.6 Å². The van der Waals surface area contributed by atoms with Gasteiger partial charge in [0.05, 0.1) is 5.70 Å². The second-order valence-electron chi connectivity index (χ2n) is 10.4. The minimum atomic E-state index is 0.0220. The maximum absolute atomic E-state index is 14.5. The molecule has 0 spiro atoms. The topological polar surface area (TPSA) is 18.5 Å². The Morgan fingerprint density at radius 3 is 2.47 bits per heavy atom. The average molecular weight is 460 g/mol. The number of nitrogens with zero attached hydrogens (tertiary/aromatic N) is 2. The van der Waals surface area contributed by atoms with Crippen LogP contribution in [0.3, 0.4) is 0 Å². The Morgan fingerprint density at radius 2 is 1.71 bits per heavy atom. The molecule has 2 saturated heterocycles. The molecule has 180 valence electrons. The molecule has 3 aliphatic rings. The van der Waals surface area contributed by atoms with E-state index in [0.29, 0.717) is 18.0 Å². The molecule has 0 amide bonds. The number of likely N-dealkylation sites (tertiary alicyclic amines) is 2. The van der Waals surface area contributed by atoms with Crippen molar-refractivity contribution in [1.29, 1.82) is 0 Å². The zero-order chi connectivity index (χ0) is 23.2. The first-order chi connectivity index (χ1) is 16.7. The van der Waals surface area contributed by atoms with Crippen molar-refractivity contribution in [3.8, 4) is 0 Å². The molecule has 0 saturated carbocycles. The van der Waals surface area contributed by atoms with Crippen LogP contribution in [0.15, 0.2) is 84.3 Å². The monoisotopic (exact) mass is 459 g/mol. The first-order valence-corrected chi connectivity index (χ1v) is 13.0. The predicted molar refractivity (Wildman–Crippen MR) is 138 cm³/mol. The van der Waals surface area contributed by atoms with Gasteiger partial charge >= 0.3 is 0 Å². The van der Waals surface area contributed by atoms with Gasteiger partial charge in [0.2, 0.25) is 0 Å². The van der Waals surface area contributed by atoms with Gasteiger partial charge in [-0.05, 0) is 61.9 Å². The summed E-state index contributed by atoms with van der Waals surface area (Å²) in [4.78, 5) is 5.30. The molecule has 2 unspecified atom stereocenters. The second kappa shape index (κ2) is 10.9. The third-order valence-corrected chi connectivity index (χ3v) is 8.15. The van der Waals surface area contributed by atoms with Crippen molar-refractivity contribution in [3.05, 3.63) is 95.5 Å². The van der Waals surface area contributed by atoms with E-state index in [1.807, 2.05) is 6.08 Å². The SMILES string of the molecule is FC1=C(NCC23CCN(Cc4ccccc4)CC2CCN(CCc2ccccc2)C3)C=CCC1. The van der Waals surface area contributed by atoms with Gasteiger partial charge in [0.15, 0.2) is 0 Å². The van der Waals surface area contributed by atoms with E-state index in [9.17, 15) is 4.39 Å². The highest BCUT2D eigenvalue weighted by atomic mass is 19.1. The molecular formula is C30H38FN3. The Morgan fingerprint density at radius 1 is 0.941 bits per heavy atom. The van der Waals surface area contributed by atoms with Crippen LogP contribution in [0, 0.1) is 11.3 Å². The highest BCUT2D eigenvalue weighted by Crippen LogP contribution is 2.43. The quantitative estimate of drug-likeness (QED) is 0.557. The summed E-state index contributed by atoms with van der Waals surface area (Å²) in [6, 6.07) is 21.7. The number of rotatable bonds is 8. The number of fused-ring (bicyclic) bond motifs is 1. The molecule has 2 atom stereocenters.